The summed E-state index contributed by atoms with van der Waals surface area (Å²) in [7, 11) is 1.45. The molecule has 21 heavy (non-hydrogen) atoms. The molecule has 0 aromatic heterocycles. The van der Waals surface area contributed by atoms with E-state index in [1.807, 2.05) is 32.0 Å². The zero-order valence-electron chi connectivity index (χ0n) is 12.2. The highest BCUT2D eigenvalue weighted by Gasteiger charge is 2.39. The molecule has 112 valence electrons. The normalized spacial score (nSPS) is 17.8. The van der Waals surface area contributed by atoms with Gasteiger partial charge in [0, 0.05) is 7.11 Å². The van der Waals surface area contributed by atoms with Crippen LogP contribution in [0.1, 0.15) is 17.5 Å². The minimum atomic E-state index is -0.560. The van der Waals surface area contributed by atoms with E-state index in [-0.39, 0.29) is 24.0 Å². The van der Waals surface area contributed by atoms with Crippen LogP contribution in [0.2, 0.25) is 0 Å². The van der Waals surface area contributed by atoms with Gasteiger partial charge in [-0.2, -0.15) is 0 Å². The lowest BCUT2D eigenvalue weighted by molar-refractivity contribution is -0.132. The Morgan fingerprint density at radius 3 is 2.52 bits per heavy atom. The Balaban J connectivity index is 2.49. The Kier molecular flexibility index (Phi) is 4.69. The Bertz CT molecular complexity index is 579. The molecule has 0 aliphatic carbocycles. The molecule has 0 bridgehead atoms. The summed E-state index contributed by atoms with van der Waals surface area (Å²) in [5.74, 6) is -0.660. The fraction of sp³-hybridized carbons (Fsp3) is 0.400. The van der Waals surface area contributed by atoms with Gasteiger partial charge < -0.3 is 9.47 Å². The molecule has 1 fully saturated rings. The predicted molar refractivity (Wildman–Crippen MR) is 82.4 cm³/mol. The lowest BCUT2D eigenvalue weighted by atomic mass is 10.0. The maximum atomic E-state index is 12.5. The number of aryl methyl sites for hydroxylation is 2. The molecule has 1 aromatic carbocycles. The van der Waals surface area contributed by atoms with E-state index in [2.05, 4.69) is 0 Å². The lowest BCUT2D eigenvalue weighted by Gasteiger charge is -2.30. The van der Waals surface area contributed by atoms with Crippen molar-refractivity contribution in [3.63, 3.8) is 0 Å². The number of carbonyl (C=O) groups is 2. The molecule has 5 nitrogen and oxygen atoms in total. The number of hydrogen-bond donors (Lipinski definition) is 0. The van der Waals surface area contributed by atoms with Crippen LogP contribution < -0.4 is 4.90 Å². The Hall–Kier alpha value is -1.79. The minimum absolute atomic E-state index is 0.0715. The first kappa shape index (κ1) is 15.6. The summed E-state index contributed by atoms with van der Waals surface area (Å²) in [6.45, 7) is 3.74. The molecule has 1 atom stereocenters. The number of methoxy groups -OCH3 is 1. The summed E-state index contributed by atoms with van der Waals surface area (Å²) >= 11 is 5.11. The van der Waals surface area contributed by atoms with E-state index < -0.39 is 12.0 Å². The van der Waals surface area contributed by atoms with Crippen LogP contribution in [0.4, 0.5) is 5.69 Å². The van der Waals surface area contributed by atoms with Crippen LogP contribution in [0.15, 0.2) is 18.2 Å². The zero-order chi connectivity index (χ0) is 15.6. The molecule has 0 spiro atoms. The predicted octanol–water partition coefficient (Wildman–Crippen LogP) is 1.93. The van der Waals surface area contributed by atoms with Gasteiger partial charge in [0.1, 0.15) is 12.6 Å². The van der Waals surface area contributed by atoms with E-state index in [0.717, 1.165) is 16.8 Å². The smallest absolute Gasteiger partial charge is 0.314 e. The third kappa shape index (κ3) is 3.11. The van der Waals surface area contributed by atoms with E-state index in [9.17, 15) is 9.59 Å². The first-order valence-corrected chi connectivity index (χ1v) is 6.98. The number of amides is 1. The van der Waals surface area contributed by atoms with Crippen LogP contribution in [0.3, 0.4) is 0 Å². The van der Waals surface area contributed by atoms with Gasteiger partial charge in [0.2, 0.25) is 0 Å². The fourth-order valence-electron chi connectivity index (χ4n) is 2.49. The van der Waals surface area contributed by atoms with E-state index in [0.29, 0.717) is 0 Å². The van der Waals surface area contributed by atoms with Gasteiger partial charge >= 0.3 is 5.97 Å². The standard InChI is InChI=1S/C15H17NO4S/c1-9-5-4-6-10(2)14(9)16(12(17)8-19-3)11-7-13(18)20-15(11)21/h4-6,11H,7-8H2,1-3H3. The molecule has 1 aliphatic heterocycles. The SMILES string of the molecule is COCC(=O)N(c1c(C)cccc1C)C1CC(=O)OC1=S. The lowest BCUT2D eigenvalue weighted by Crippen LogP contribution is -2.45. The number of cyclic esters (lactones) is 1. The van der Waals surface area contributed by atoms with Gasteiger partial charge in [0.15, 0.2) is 5.05 Å². The molecule has 0 saturated carbocycles. The molecule has 1 aromatic rings. The highest BCUT2D eigenvalue weighted by atomic mass is 32.1. The summed E-state index contributed by atoms with van der Waals surface area (Å²) in [5.41, 5.74) is 2.62. The van der Waals surface area contributed by atoms with Crippen LogP contribution in [-0.2, 0) is 19.1 Å². The Labute approximate surface area is 128 Å². The van der Waals surface area contributed by atoms with Gasteiger partial charge in [-0.3, -0.25) is 14.5 Å². The third-order valence-corrected chi connectivity index (χ3v) is 3.73. The van der Waals surface area contributed by atoms with Crippen molar-refractivity contribution in [1.29, 1.82) is 0 Å². The highest BCUT2D eigenvalue weighted by Crippen LogP contribution is 2.30. The number of carbonyl (C=O) groups excluding carboxylic acids is 2. The molecule has 1 aliphatic rings. The number of thiocarbonyl (C=S) groups is 1. The second kappa shape index (κ2) is 6.32. The van der Waals surface area contributed by atoms with Crippen LogP contribution in [0, 0.1) is 13.8 Å². The van der Waals surface area contributed by atoms with Gasteiger partial charge in [0.25, 0.3) is 5.91 Å². The molecule has 0 N–H and O–H groups in total. The molecule has 0 radical (unpaired) electrons. The van der Waals surface area contributed by atoms with Crippen LogP contribution in [0.5, 0.6) is 0 Å². The van der Waals surface area contributed by atoms with Crippen LogP contribution >= 0.6 is 12.2 Å². The molecular weight excluding hydrogens is 290 g/mol. The van der Waals surface area contributed by atoms with E-state index >= 15 is 0 Å². The Morgan fingerprint density at radius 2 is 2.05 bits per heavy atom. The van der Waals surface area contributed by atoms with Crippen molar-refractivity contribution in [1.82, 2.24) is 0 Å². The topological polar surface area (TPSA) is 55.8 Å². The summed E-state index contributed by atoms with van der Waals surface area (Å²) in [6, 6.07) is 5.18. The number of nitrogens with zero attached hydrogens (tertiary/aromatic N) is 1. The molecule has 1 saturated heterocycles. The third-order valence-electron chi connectivity index (χ3n) is 3.38. The quantitative estimate of drug-likeness (QED) is 0.628. The number of rotatable bonds is 4. The van der Waals surface area contributed by atoms with E-state index in [1.165, 1.54) is 12.0 Å². The summed E-state index contributed by atoms with van der Waals surface area (Å²) in [4.78, 5) is 25.5. The molecule has 1 heterocycles. The maximum absolute atomic E-state index is 12.5. The van der Waals surface area contributed by atoms with E-state index in [1.54, 1.807) is 0 Å². The highest BCUT2D eigenvalue weighted by molar-refractivity contribution is 7.80. The zero-order valence-corrected chi connectivity index (χ0v) is 13.0. The minimum Gasteiger partial charge on any atom is -0.417 e. The van der Waals surface area contributed by atoms with Crippen molar-refractivity contribution in [2.45, 2.75) is 26.3 Å². The summed E-state index contributed by atoms with van der Waals surface area (Å²) < 4.78 is 9.89. The Morgan fingerprint density at radius 1 is 1.43 bits per heavy atom. The molecule has 1 amide bonds. The average molecular weight is 307 g/mol. The second-order valence-corrected chi connectivity index (χ2v) is 5.35. The van der Waals surface area contributed by atoms with Crippen molar-refractivity contribution in [2.24, 2.45) is 0 Å². The summed E-state index contributed by atoms with van der Waals surface area (Å²) in [5, 5.41) is 0.132. The number of benzene rings is 1. The van der Waals surface area contributed by atoms with Gasteiger partial charge in [-0.1, -0.05) is 18.2 Å². The van der Waals surface area contributed by atoms with Gasteiger partial charge in [-0.25, -0.2) is 0 Å². The number of ether oxygens (including phenoxy) is 2. The van der Waals surface area contributed by atoms with Crippen LogP contribution in [-0.4, -0.2) is 36.7 Å². The number of esters is 1. The average Bonchev–Trinajstić information content (AvgIpc) is 2.73. The van der Waals surface area contributed by atoms with Gasteiger partial charge in [0.05, 0.1) is 12.1 Å². The largest absolute Gasteiger partial charge is 0.417 e. The molecular formula is C15H17NO4S. The van der Waals surface area contributed by atoms with Crippen LogP contribution in [0.25, 0.3) is 0 Å². The first-order chi connectivity index (χ1) is 9.95. The molecule has 6 heteroatoms. The maximum Gasteiger partial charge on any atom is 0.314 e. The number of hydrogen-bond acceptors (Lipinski definition) is 5. The van der Waals surface area contributed by atoms with Crippen molar-refractivity contribution in [3.05, 3.63) is 29.3 Å². The van der Waals surface area contributed by atoms with E-state index in [4.69, 9.17) is 21.7 Å². The van der Waals surface area contributed by atoms with Crippen molar-refractivity contribution < 1.29 is 19.1 Å². The second-order valence-electron chi connectivity index (χ2n) is 4.95. The van der Waals surface area contributed by atoms with Crippen molar-refractivity contribution in [3.8, 4) is 0 Å². The van der Waals surface area contributed by atoms with Crippen molar-refractivity contribution in [2.75, 3.05) is 18.6 Å². The van der Waals surface area contributed by atoms with Gasteiger partial charge in [-0.05, 0) is 37.2 Å². The van der Waals surface area contributed by atoms with Crippen molar-refractivity contribution >= 4 is 34.8 Å². The summed E-state index contributed by atoms with van der Waals surface area (Å²) in [6.07, 6.45) is 0.0715. The fourth-order valence-corrected chi connectivity index (χ4v) is 2.77. The van der Waals surface area contributed by atoms with Gasteiger partial charge in [-0.15, -0.1) is 0 Å². The first-order valence-electron chi connectivity index (χ1n) is 6.57. The molecule has 2 rings (SSSR count). The number of para-hydroxylation sites is 1. The number of anilines is 1. The monoisotopic (exact) mass is 307 g/mol. The molecule has 1 unspecified atom stereocenters.